The van der Waals surface area contributed by atoms with E-state index in [0.717, 1.165) is 17.1 Å². The van der Waals surface area contributed by atoms with Gasteiger partial charge in [0.25, 0.3) is 0 Å². The summed E-state index contributed by atoms with van der Waals surface area (Å²) in [5.41, 5.74) is 0.797. The van der Waals surface area contributed by atoms with Crippen molar-refractivity contribution in [1.82, 2.24) is 4.90 Å². The lowest BCUT2D eigenvalue weighted by Gasteiger charge is -2.38. The van der Waals surface area contributed by atoms with Gasteiger partial charge < -0.3 is 4.90 Å². The van der Waals surface area contributed by atoms with E-state index in [1.54, 1.807) is 0 Å². The molecular weight excluding hydrogens is 262 g/mol. The number of nitrogens with zero attached hydrogens (tertiary/aromatic N) is 1. The van der Waals surface area contributed by atoms with Crippen molar-refractivity contribution in [2.45, 2.75) is 67.1 Å². The fourth-order valence-electron chi connectivity index (χ4n) is 3.74. The van der Waals surface area contributed by atoms with E-state index in [-0.39, 0.29) is 0 Å². The highest BCUT2D eigenvalue weighted by Gasteiger charge is 2.30. The molecule has 0 N–H and O–H groups in total. The third-order valence-electron chi connectivity index (χ3n) is 3.68. The summed E-state index contributed by atoms with van der Waals surface area (Å²) in [7, 11) is 4.36. The smallest absolute Gasteiger partial charge is 0.00932 e. The number of hydrogen-bond acceptors (Lipinski definition) is 2. The predicted octanol–water partition coefficient (Wildman–Crippen LogP) is 5.40. The van der Waals surface area contributed by atoms with Gasteiger partial charge in [-0.25, -0.2) is 0 Å². The summed E-state index contributed by atoms with van der Waals surface area (Å²) in [6, 6.07) is 0. The van der Waals surface area contributed by atoms with Gasteiger partial charge in [-0.3, -0.25) is 0 Å². The summed E-state index contributed by atoms with van der Waals surface area (Å²) in [6.07, 6.45) is 1.29. The first-order valence-corrected chi connectivity index (χ1v) is 9.17. The van der Waals surface area contributed by atoms with Crippen LogP contribution in [-0.2, 0) is 0 Å². The molecule has 0 aliphatic heterocycles. The number of hydrogen-bond donors (Lipinski definition) is 0. The van der Waals surface area contributed by atoms with Crippen LogP contribution < -0.4 is 0 Å². The standard InChI is InChI=1S/C18H39NS/c1-14(2)16(15(3)4)20-13-18(7,8)11-17(5,6)12-19(9)10/h14-16H,11-13H2,1-10H3. The Morgan fingerprint density at radius 3 is 1.65 bits per heavy atom. The van der Waals surface area contributed by atoms with E-state index < -0.39 is 0 Å². The van der Waals surface area contributed by atoms with Crippen LogP contribution in [0.1, 0.15) is 61.8 Å². The Hall–Kier alpha value is 0.310. The van der Waals surface area contributed by atoms with Crippen LogP contribution in [-0.4, -0.2) is 36.5 Å². The van der Waals surface area contributed by atoms with E-state index in [1.165, 1.54) is 18.7 Å². The molecule has 0 atom stereocenters. The zero-order valence-electron chi connectivity index (χ0n) is 15.7. The Morgan fingerprint density at radius 1 is 0.850 bits per heavy atom. The van der Waals surface area contributed by atoms with E-state index in [4.69, 9.17) is 0 Å². The molecule has 0 unspecified atom stereocenters. The Balaban J connectivity index is 4.51. The SMILES string of the molecule is CC(C)C(SCC(C)(C)CC(C)(C)CN(C)C)C(C)C. The van der Waals surface area contributed by atoms with Crippen molar-refractivity contribution in [3.63, 3.8) is 0 Å². The maximum atomic E-state index is 2.44. The van der Waals surface area contributed by atoms with Crippen molar-refractivity contribution in [3.8, 4) is 0 Å². The Labute approximate surface area is 133 Å². The van der Waals surface area contributed by atoms with Crippen molar-refractivity contribution in [1.29, 1.82) is 0 Å². The maximum absolute atomic E-state index is 2.44. The Morgan fingerprint density at radius 2 is 1.30 bits per heavy atom. The van der Waals surface area contributed by atoms with E-state index in [2.05, 4.69) is 86.1 Å². The Bertz CT molecular complexity index is 259. The van der Waals surface area contributed by atoms with Gasteiger partial charge in [-0.15, -0.1) is 0 Å². The number of rotatable bonds is 9. The van der Waals surface area contributed by atoms with Crippen LogP contribution >= 0.6 is 11.8 Å². The van der Waals surface area contributed by atoms with Gasteiger partial charge >= 0.3 is 0 Å². The highest BCUT2D eigenvalue weighted by Crippen LogP contribution is 2.39. The van der Waals surface area contributed by atoms with Crippen LogP contribution in [0.2, 0.25) is 0 Å². The second-order valence-electron chi connectivity index (χ2n) is 9.01. The molecule has 0 aromatic heterocycles. The molecule has 0 fully saturated rings. The van der Waals surface area contributed by atoms with Crippen LogP contribution in [0.25, 0.3) is 0 Å². The molecule has 2 heteroatoms. The van der Waals surface area contributed by atoms with Gasteiger partial charge in [0, 0.05) is 11.8 Å². The topological polar surface area (TPSA) is 3.24 Å². The fraction of sp³-hybridized carbons (Fsp3) is 1.00. The van der Waals surface area contributed by atoms with Crippen molar-refractivity contribution in [2.24, 2.45) is 22.7 Å². The van der Waals surface area contributed by atoms with E-state index in [0.29, 0.717) is 10.8 Å². The molecule has 0 saturated heterocycles. The summed E-state index contributed by atoms with van der Waals surface area (Å²) in [6.45, 7) is 20.3. The highest BCUT2D eigenvalue weighted by atomic mass is 32.2. The second-order valence-corrected chi connectivity index (χ2v) is 10.2. The monoisotopic (exact) mass is 301 g/mol. The molecule has 0 heterocycles. The van der Waals surface area contributed by atoms with Gasteiger partial charge in [-0.1, -0.05) is 55.4 Å². The zero-order valence-corrected chi connectivity index (χ0v) is 16.5. The van der Waals surface area contributed by atoms with Gasteiger partial charge in [0.15, 0.2) is 0 Å². The predicted molar refractivity (Wildman–Crippen MR) is 96.7 cm³/mol. The van der Waals surface area contributed by atoms with Crippen LogP contribution in [0, 0.1) is 22.7 Å². The Kier molecular flexibility index (Phi) is 8.20. The normalized spacial score (nSPS) is 14.1. The maximum Gasteiger partial charge on any atom is 0.00932 e. The summed E-state index contributed by atoms with van der Waals surface area (Å²) in [5.74, 6) is 2.81. The molecule has 0 rings (SSSR count). The van der Waals surface area contributed by atoms with Crippen molar-refractivity contribution < 1.29 is 0 Å². The van der Waals surface area contributed by atoms with Crippen LogP contribution in [0.4, 0.5) is 0 Å². The van der Waals surface area contributed by atoms with Crippen LogP contribution in [0.3, 0.4) is 0 Å². The summed E-state index contributed by atoms with van der Waals surface area (Å²) < 4.78 is 0. The van der Waals surface area contributed by atoms with Crippen molar-refractivity contribution in [3.05, 3.63) is 0 Å². The van der Waals surface area contributed by atoms with E-state index in [9.17, 15) is 0 Å². The minimum absolute atomic E-state index is 0.388. The molecule has 20 heavy (non-hydrogen) atoms. The molecule has 0 aromatic rings. The van der Waals surface area contributed by atoms with Crippen molar-refractivity contribution >= 4 is 11.8 Å². The quantitative estimate of drug-likeness (QED) is 0.560. The summed E-state index contributed by atoms with van der Waals surface area (Å²) >= 11 is 2.19. The first-order chi connectivity index (χ1) is 8.86. The lowest BCUT2D eigenvalue weighted by Crippen LogP contribution is -2.34. The molecule has 122 valence electrons. The first kappa shape index (κ1) is 20.3. The fourth-order valence-corrected chi connectivity index (χ4v) is 5.25. The largest absolute Gasteiger partial charge is 0.309 e. The third kappa shape index (κ3) is 8.56. The average molecular weight is 302 g/mol. The van der Waals surface area contributed by atoms with Gasteiger partial charge in [0.1, 0.15) is 0 Å². The second kappa shape index (κ2) is 8.08. The lowest BCUT2D eigenvalue weighted by molar-refractivity contribution is 0.164. The highest BCUT2D eigenvalue weighted by molar-refractivity contribution is 7.99. The van der Waals surface area contributed by atoms with E-state index >= 15 is 0 Å². The lowest BCUT2D eigenvalue weighted by atomic mass is 9.76. The molecule has 0 saturated carbocycles. The third-order valence-corrected chi connectivity index (χ3v) is 6.10. The van der Waals surface area contributed by atoms with E-state index in [1.807, 2.05) is 0 Å². The molecule has 0 aliphatic carbocycles. The number of thioether (sulfide) groups is 1. The molecule has 1 nitrogen and oxygen atoms in total. The van der Waals surface area contributed by atoms with Gasteiger partial charge in [0.2, 0.25) is 0 Å². The molecular formula is C18H39NS. The minimum atomic E-state index is 0.388. The average Bonchev–Trinajstić information content (AvgIpc) is 2.10. The summed E-state index contributed by atoms with van der Waals surface area (Å²) in [5, 5.41) is 0.784. The molecule has 0 spiro atoms. The molecule has 0 aromatic carbocycles. The molecule has 0 amide bonds. The van der Waals surface area contributed by atoms with Gasteiger partial charge in [-0.05, 0) is 48.9 Å². The molecule has 0 aliphatic rings. The molecule has 0 radical (unpaired) electrons. The van der Waals surface area contributed by atoms with Gasteiger partial charge in [-0.2, -0.15) is 11.8 Å². The molecule has 0 bridgehead atoms. The first-order valence-electron chi connectivity index (χ1n) is 8.13. The van der Waals surface area contributed by atoms with Crippen LogP contribution in [0.15, 0.2) is 0 Å². The zero-order chi connectivity index (χ0) is 16.1. The van der Waals surface area contributed by atoms with Gasteiger partial charge in [0.05, 0.1) is 0 Å². The van der Waals surface area contributed by atoms with Crippen molar-refractivity contribution in [2.75, 3.05) is 26.4 Å². The minimum Gasteiger partial charge on any atom is -0.309 e. The summed E-state index contributed by atoms with van der Waals surface area (Å²) in [4.78, 5) is 2.31. The van der Waals surface area contributed by atoms with Crippen LogP contribution in [0.5, 0.6) is 0 Å².